The van der Waals surface area contributed by atoms with Crippen LogP contribution in [0.2, 0.25) is 5.02 Å². The Hall–Kier alpha value is -0.340. The summed E-state index contributed by atoms with van der Waals surface area (Å²) >= 11 is 24.6. The Morgan fingerprint density at radius 3 is 2.42 bits per heavy atom. The van der Waals surface area contributed by atoms with Crippen molar-refractivity contribution in [2.75, 3.05) is 19.0 Å². The predicted molar refractivity (Wildman–Crippen MR) is 85.8 cm³/mol. The van der Waals surface area contributed by atoms with Crippen molar-refractivity contribution in [3.8, 4) is 0 Å². The van der Waals surface area contributed by atoms with Gasteiger partial charge in [0.05, 0.1) is 5.03 Å². The molecule has 1 aromatic rings. The van der Waals surface area contributed by atoms with Crippen LogP contribution in [0.4, 0.5) is 5.69 Å². The van der Waals surface area contributed by atoms with Gasteiger partial charge in [0, 0.05) is 40.8 Å². The summed E-state index contributed by atoms with van der Waals surface area (Å²) in [6.07, 6.45) is 2.35. The lowest BCUT2D eigenvalue weighted by atomic mass is 9.90. The molecule has 102 valence electrons. The van der Waals surface area contributed by atoms with Gasteiger partial charge in [-0.05, 0) is 30.2 Å². The molecule has 0 saturated carbocycles. The minimum Gasteiger partial charge on any atom is -0.377 e. The minimum absolute atomic E-state index is 0.0265. The molecule has 0 radical (unpaired) electrons. The van der Waals surface area contributed by atoms with Crippen molar-refractivity contribution in [2.24, 2.45) is 0 Å². The molecular formula is C14H13Cl4N. The van der Waals surface area contributed by atoms with Gasteiger partial charge in [-0.3, -0.25) is 0 Å². The lowest BCUT2D eigenvalue weighted by Crippen LogP contribution is -2.14. The van der Waals surface area contributed by atoms with Crippen LogP contribution in [0.3, 0.4) is 0 Å². The van der Waals surface area contributed by atoms with Crippen molar-refractivity contribution in [1.82, 2.24) is 0 Å². The molecule has 0 spiro atoms. The summed E-state index contributed by atoms with van der Waals surface area (Å²) in [6.45, 7) is 0. The molecule has 1 aliphatic carbocycles. The van der Waals surface area contributed by atoms with Crippen molar-refractivity contribution < 1.29 is 0 Å². The largest absolute Gasteiger partial charge is 0.377 e. The Morgan fingerprint density at radius 2 is 1.79 bits per heavy atom. The average Bonchev–Trinajstić information content (AvgIpc) is 2.34. The summed E-state index contributed by atoms with van der Waals surface area (Å²) < 4.78 is 0. The molecule has 5 heteroatoms. The summed E-state index contributed by atoms with van der Waals surface area (Å²) in [7, 11) is 3.93. The maximum absolute atomic E-state index is 6.34. The second kappa shape index (κ2) is 5.97. The van der Waals surface area contributed by atoms with E-state index < -0.39 is 0 Å². The second-order valence-electron chi connectivity index (χ2n) is 4.64. The summed E-state index contributed by atoms with van der Waals surface area (Å²) in [5.74, 6) is -0.0265. The molecule has 0 N–H and O–H groups in total. The number of nitrogens with zero attached hydrogens (tertiary/aromatic N) is 1. The lowest BCUT2D eigenvalue weighted by molar-refractivity contribution is 0.819. The molecule has 0 saturated heterocycles. The fourth-order valence-corrected chi connectivity index (χ4v) is 3.16. The van der Waals surface area contributed by atoms with E-state index in [9.17, 15) is 0 Å². The molecule has 0 heterocycles. The highest BCUT2D eigenvalue weighted by Gasteiger charge is 2.25. The monoisotopic (exact) mass is 335 g/mol. The zero-order valence-corrected chi connectivity index (χ0v) is 13.6. The Kier molecular flexibility index (Phi) is 4.73. The van der Waals surface area contributed by atoms with Crippen LogP contribution < -0.4 is 4.90 Å². The van der Waals surface area contributed by atoms with E-state index in [0.29, 0.717) is 26.5 Å². The van der Waals surface area contributed by atoms with Crippen LogP contribution in [0.25, 0.3) is 0 Å². The molecule has 1 atom stereocenters. The summed E-state index contributed by atoms with van der Waals surface area (Å²) in [5, 5.41) is 2.52. The van der Waals surface area contributed by atoms with Gasteiger partial charge in [-0.2, -0.15) is 0 Å². The highest BCUT2D eigenvalue weighted by atomic mass is 35.5. The molecule has 1 aromatic carbocycles. The summed E-state index contributed by atoms with van der Waals surface area (Å²) in [6, 6.07) is 5.75. The van der Waals surface area contributed by atoms with E-state index in [1.165, 1.54) is 0 Å². The molecule has 1 nitrogen and oxygen atoms in total. The topological polar surface area (TPSA) is 3.24 Å². The number of halogens is 4. The highest BCUT2D eigenvalue weighted by Crippen LogP contribution is 2.44. The van der Waals surface area contributed by atoms with E-state index in [2.05, 4.69) is 0 Å². The van der Waals surface area contributed by atoms with Crippen molar-refractivity contribution >= 4 is 52.1 Å². The van der Waals surface area contributed by atoms with Crippen LogP contribution in [0.1, 0.15) is 17.9 Å². The average molecular weight is 337 g/mol. The van der Waals surface area contributed by atoms with Gasteiger partial charge in [0.15, 0.2) is 0 Å². The fourth-order valence-electron chi connectivity index (χ4n) is 2.16. The van der Waals surface area contributed by atoms with E-state index in [4.69, 9.17) is 46.4 Å². The maximum Gasteiger partial charge on any atom is 0.0569 e. The third-order valence-electron chi connectivity index (χ3n) is 3.07. The minimum atomic E-state index is -0.0265. The number of hydrogen-bond donors (Lipinski definition) is 0. The van der Waals surface area contributed by atoms with Gasteiger partial charge in [-0.1, -0.05) is 52.5 Å². The maximum atomic E-state index is 6.34. The standard InChI is InChI=1S/C14H13Cl4N/c1-19(2)13-7-8(15)3-4-10(13)11-5-9(16)6-12(17)14(11)18/h3-4,6-7,11H,5H2,1-2H3. The van der Waals surface area contributed by atoms with Crippen LogP contribution in [0, 0.1) is 0 Å². The molecule has 0 bridgehead atoms. The van der Waals surface area contributed by atoms with E-state index >= 15 is 0 Å². The first-order valence-corrected chi connectivity index (χ1v) is 7.29. The Labute approximate surface area is 133 Å². The van der Waals surface area contributed by atoms with Gasteiger partial charge >= 0.3 is 0 Å². The van der Waals surface area contributed by atoms with Crippen molar-refractivity contribution in [1.29, 1.82) is 0 Å². The number of hydrogen-bond acceptors (Lipinski definition) is 1. The SMILES string of the molecule is CN(C)c1cc(Cl)ccc1C1CC(Cl)=CC(Cl)=C1Cl. The van der Waals surface area contributed by atoms with Gasteiger partial charge in [-0.15, -0.1) is 0 Å². The third-order valence-corrected chi connectivity index (χ3v) is 4.44. The van der Waals surface area contributed by atoms with Crippen molar-refractivity contribution in [3.63, 3.8) is 0 Å². The normalized spacial score (nSPS) is 19.5. The van der Waals surface area contributed by atoms with E-state index in [1.54, 1.807) is 6.08 Å². The number of benzene rings is 1. The zero-order valence-electron chi connectivity index (χ0n) is 10.6. The molecule has 19 heavy (non-hydrogen) atoms. The molecule has 0 fully saturated rings. The first-order valence-electron chi connectivity index (χ1n) is 5.78. The van der Waals surface area contributed by atoms with Crippen LogP contribution in [0.5, 0.6) is 0 Å². The van der Waals surface area contributed by atoms with Crippen molar-refractivity contribution in [2.45, 2.75) is 12.3 Å². The number of anilines is 1. The molecule has 0 amide bonds. The summed E-state index contributed by atoms with van der Waals surface area (Å²) in [4.78, 5) is 2.01. The van der Waals surface area contributed by atoms with Crippen molar-refractivity contribution in [3.05, 3.63) is 50.0 Å². The molecule has 0 aromatic heterocycles. The van der Waals surface area contributed by atoms with Crippen LogP contribution in [0.15, 0.2) is 39.4 Å². The third kappa shape index (κ3) is 3.22. The van der Waals surface area contributed by atoms with E-state index in [1.807, 2.05) is 37.2 Å². The molecule has 1 unspecified atom stereocenters. The van der Waals surface area contributed by atoms with Crippen LogP contribution >= 0.6 is 46.4 Å². The Bertz CT molecular complexity index is 561. The number of allylic oxidation sites excluding steroid dienone is 4. The molecule has 1 aliphatic rings. The fraction of sp³-hybridized carbons (Fsp3) is 0.286. The molecule has 2 rings (SSSR count). The molecule has 0 aliphatic heterocycles. The highest BCUT2D eigenvalue weighted by molar-refractivity contribution is 6.42. The second-order valence-corrected chi connectivity index (χ2v) is 6.38. The van der Waals surface area contributed by atoms with Gasteiger partial charge in [0.25, 0.3) is 0 Å². The zero-order chi connectivity index (χ0) is 14.2. The first-order chi connectivity index (χ1) is 8.90. The quantitative estimate of drug-likeness (QED) is 0.669. The predicted octanol–water partition coefficient (Wildman–Crippen LogP) is 5.71. The Balaban J connectivity index is 2.51. The van der Waals surface area contributed by atoms with Crippen LogP contribution in [-0.2, 0) is 0 Å². The van der Waals surface area contributed by atoms with Gasteiger partial charge in [-0.25, -0.2) is 0 Å². The van der Waals surface area contributed by atoms with Crippen LogP contribution in [-0.4, -0.2) is 14.1 Å². The number of rotatable bonds is 2. The van der Waals surface area contributed by atoms with E-state index in [0.717, 1.165) is 11.3 Å². The Morgan fingerprint density at radius 1 is 1.11 bits per heavy atom. The first kappa shape index (κ1) is 15.1. The molecular weight excluding hydrogens is 324 g/mol. The van der Waals surface area contributed by atoms with Gasteiger partial charge in [0.2, 0.25) is 0 Å². The van der Waals surface area contributed by atoms with Gasteiger partial charge in [0.1, 0.15) is 0 Å². The lowest BCUT2D eigenvalue weighted by Gasteiger charge is -2.26. The van der Waals surface area contributed by atoms with E-state index in [-0.39, 0.29) is 5.92 Å². The smallest absolute Gasteiger partial charge is 0.0569 e. The van der Waals surface area contributed by atoms with Gasteiger partial charge < -0.3 is 4.90 Å². The summed E-state index contributed by atoms with van der Waals surface area (Å²) in [5.41, 5.74) is 2.09.